The summed E-state index contributed by atoms with van der Waals surface area (Å²) in [5.41, 5.74) is 2.37. The molecule has 0 saturated heterocycles. The maximum atomic E-state index is 12.9. The molecular formula is C20H24N2O5S. The highest BCUT2D eigenvalue weighted by Crippen LogP contribution is 2.33. The fourth-order valence-electron chi connectivity index (χ4n) is 3.33. The second kappa shape index (κ2) is 8.10. The number of methoxy groups -OCH3 is 2. The monoisotopic (exact) mass is 404 g/mol. The van der Waals surface area contributed by atoms with Crippen LogP contribution in [0.2, 0.25) is 0 Å². The third-order valence-electron chi connectivity index (χ3n) is 4.77. The number of carbonyl (C=O) groups is 1. The van der Waals surface area contributed by atoms with Crippen LogP contribution in [-0.2, 0) is 16.4 Å². The van der Waals surface area contributed by atoms with Gasteiger partial charge in [-0.3, -0.25) is 9.10 Å². The molecule has 1 N–H and O–H groups in total. The van der Waals surface area contributed by atoms with E-state index in [9.17, 15) is 13.2 Å². The van der Waals surface area contributed by atoms with Crippen molar-refractivity contribution < 1.29 is 22.7 Å². The number of nitrogens with one attached hydrogen (secondary N) is 1. The number of amides is 1. The van der Waals surface area contributed by atoms with E-state index in [0.717, 1.165) is 18.4 Å². The first-order valence-corrected chi connectivity index (χ1v) is 10.7. The molecule has 0 spiro atoms. The van der Waals surface area contributed by atoms with Crippen LogP contribution < -0.4 is 19.1 Å². The number of nitrogens with zero attached hydrogens (tertiary/aromatic N) is 1. The summed E-state index contributed by atoms with van der Waals surface area (Å²) in [4.78, 5) is 12.9. The first-order chi connectivity index (χ1) is 13.4. The molecule has 0 fully saturated rings. The van der Waals surface area contributed by atoms with Gasteiger partial charge < -0.3 is 14.8 Å². The van der Waals surface area contributed by atoms with Crippen molar-refractivity contribution in [3.05, 3.63) is 47.5 Å². The van der Waals surface area contributed by atoms with Gasteiger partial charge in [-0.1, -0.05) is 12.1 Å². The van der Waals surface area contributed by atoms with Crippen LogP contribution in [0.5, 0.6) is 11.5 Å². The van der Waals surface area contributed by atoms with E-state index in [1.807, 2.05) is 6.07 Å². The Labute approximate surface area is 165 Å². The Morgan fingerprint density at radius 3 is 2.43 bits per heavy atom. The molecule has 0 radical (unpaired) electrons. The molecule has 28 heavy (non-hydrogen) atoms. The number of sulfonamides is 1. The van der Waals surface area contributed by atoms with Crippen molar-refractivity contribution in [2.45, 2.75) is 19.8 Å². The molecule has 8 heteroatoms. The summed E-state index contributed by atoms with van der Waals surface area (Å²) >= 11 is 0. The fourth-order valence-corrected chi connectivity index (χ4v) is 4.52. The standard InChI is InChI=1S/C20H24N2O5S/c1-4-28(24,25)22-12-6-7-14-10-11-15(13-16(14)22)21-20(23)19-17(26-2)8-5-9-18(19)27-3/h5,8-11,13H,4,6-7,12H2,1-3H3,(H,21,23). The first-order valence-electron chi connectivity index (χ1n) is 9.07. The topological polar surface area (TPSA) is 84.9 Å². The Kier molecular flexibility index (Phi) is 5.79. The quantitative estimate of drug-likeness (QED) is 0.800. The SMILES string of the molecule is CCS(=O)(=O)N1CCCc2ccc(NC(=O)c3c(OC)cccc3OC)cc21. The molecule has 0 saturated carbocycles. The molecule has 1 aliphatic rings. The van der Waals surface area contributed by atoms with E-state index in [-0.39, 0.29) is 11.3 Å². The number of benzene rings is 2. The van der Waals surface area contributed by atoms with Gasteiger partial charge >= 0.3 is 0 Å². The van der Waals surface area contributed by atoms with Crippen LogP contribution in [0.25, 0.3) is 0 Å². The molecular weight excluding hydrogens is 380 g/mol. The van der Waals surface area contributed by atoms with Gasteiger partial charge in [0.05, 0.1) is 25.7 Å². The van der Waals surface area contributed by atoms with Crippen molar-refractivity contribution in [3.8, 4) is 11.5 Å². The molecule has 2 aromatic carbocycles. The maximum absolute atomic E-state index is 12.9. The average molecular weight is 404 g/mol. The normalized spacial score (nSPS) is 13.6. The number of anilines is 2. The second-order valence-corrected chi connectivity index (χ2v) is 8.59. The lowest BCUT2D eigenvalue weighted by atomic mass is 10.0. The Morgan fingerprint density at radius 1 is 1.14 bits per heavy atom. The zero-order valence-electron chi connectivity index (χ0n) is 16.2. The first kappa shape index (κ1) is 20.0. The summed E-state index contributed by atoms with van der Waals surface area (Å²) in [6.07, 6.45) is 1.58. The maximum Gasteiger partial charge on any atom is 0.263 e. The smallest absolute Gasteiger partial charge is 0.263 e. The second-order valence-electron chi connectivity index (χ2n) is 6.41. The molecule has 0 unspecified atom stereocenters. The van der Waals surface area contributed by atoms with Crippen LogP contribution in [0.4, 0.5) is 11.4 Å². The number of carbonyl (C=O) groups excluding carboxylic acids is 1. The molecule has 1 aliphatic heterocycles. The lowest BCUT2D eigenvalue weighted by Crippen LogP contribution is -2.36. The zero-order valence-corrected chi connectivity index (χ0v) is 17.0. The summed E-state index contributed by atoms with van der Waals surface area (Å²) < 4.78 is 36.9. The van der Waals surface area contributed by atoms with Crippen molar-refractivity contribution >= 4 is 27.3 Å². The molecule has 0 aliphatic carbocycles. The molecule has 2 aromatic rings. The van der Waals surface area contributed by atoms with Crippen molar-refractivity contribution in [2.75, 3.05) is 36.1 Å². The van der Waals surface area contributed by atoms with Crippen molar-refractivity contribution in [1.82, 2.24) is 0 Å². The largest absolute Gasteiger partial charge is 0.496 e. The van der Waals surface area contributed by atoms with Crippen LogP contribution in [0.15, 0.2) is 36.4 Å². The number of rotatable bonds is 6. The Bertz CT molecular complexity index is 966. The molecule has 1 heterocycles. The lowest BCUT2D eigenvalue weighted by Gasteiger charge is -2.30. The van der Waals surface area contributed by atoms with Crippen LogP contribution in [-0.4, -0.2) is 40.8 Å². The Balaban J connectivity index is 1.95. The third-order valence-corrected chi connectivity index (χ3v) is 6.56. The van der Waals surface area contributed by atoms with Gasteiger partial charge in [-0.05, 0) is 49.6 Å². The number of ether oxygens (including phenoxy) is 2. The zero-order chi connectivity index (χ0) is 20.3. The van der Waals surface area contributed by atoms with Gasteiger partial charge in [0.25, 0.3) is 5.91 Å². The van der Waals surface area contributed by atoms with Gasteiger partial charge in [0.2, 0.25) is 10.0 Å². The van der Waals surface area contributed by atoms with E-state index in [1.165, 1.54) is 18.5 Å². The van der Waals surface area contributed by atoms with Gasteiger partial charge in [-0.25, -0.2) is 8.42 Å². The minimum absolute atomic E-state index is 0.0292. The summed E-state index contributed by atoms with van der Waals surface area (Å²) in [7, 11) is -0.405. The van der Waals surface area contributed by atoms with Gasteiger partial charge in [-0.15, -0.1) is 0 Å². The van der Waals surface area contributed by atoms with E-state index < -0.39 is 15.9 Å². The van der Waals surface area contributed by atoms with Crippen LogP contribution in [0, 0.1) is 0 Å². The van der Waals surface area contributed by atoms with Crippen LogP contribution in [0.3, 0.4) is 0 Å². The molecule has 0 aromatic heterocycles. The summed E-state index contributed by atoms with van der Waals surface area (Å²) in [6.45, 7) is 2.07. The van der Waals surface area contributed by atoms with Crippen LogP contribution >= 0.6 is 0 Å². The third kappa shape index (κ3) is 3.77. The van der Waals surface area contributed by atoms with Crippen molar-refractivity contribution in [1.29, 1.82) is 0 Å². The van der Waals surface area contributed by atoms with Gasteiger partial charge in [0.15, 0.2) is 0 Å². The Hall–Kier alpha value is -2.74. The van der Waals surface area contributed by atoms with Gasteiger partial charge in [0.1, 0.15) is 17.1 Å². The number of hydrogen-bond acceptors (Lipinski definition) is 5. The number of hydrogen-bond donors (Lipinski definition) is 1. The van der Waals surface area contributed by atoms with Gasteiger partial charge in [0, 0.05) is 12.2 Å². The average Bonchev–Trinajstić information content (AvgIpc) is 2.72. The van der Waals surface area contributed by atoms with Crippen LogP contribution in [0.1, 0.15) is 29.3 Å². The minimum atomic E-state index is -3.37. The highest BCUT2D eigenvalue weighted by atomic mass is 32.2. The summed E-state index contributed by atoms with van der Waals surface area (Å²) in [6, 6.07) is 10.4. The molecule has 1 amide bonds. The molecule has 3 rings (SSSR count). The highest BCUT2D eigenvalue weighted by Gasteiger charge is 2.27. The van der Waals surface area contributed by atoms with E-state index in [0.29, 0.717) is 29.4 Å². The minimum Gasteiger partial charge on any atom is -0.496 e. The summed E-state index contributed by atoms with van der Waals surface area (Å²) in [5.74, 6) is 0.423. The van der Waals surface area contributed by atoms with E-state index >= 15 is 0 Å². The molecule has 0 atom stereocenters. The van der Waals surface area contributed by atoms with Crippen molar-refractivity contribution in [3.63, 3.8) is 0 Å². The fraction of sp³-hybridized carbons (Fsp3) is 0.350. The van der Waals surface area contributed by atoms with E-state index in [1.54, 1.807) is 37.3 Å². The molecule has 7 nitrogen and oxygen atoms in total. The predicted octanol–water partition coefficient (Wildman–Crippen LogP) is 3.06. The predicted molar refractivity (Wildman–Crippen MR) is 109 cm³/mol. The lowest BCUT2D eigenvalue weighted by molar-refractivity contribution is 0.102. The van der Waals surface area contributed by atoms with E-state index in [2.05, 4.69) is 5.32 Å². The number of aryl methyl sites for hydroxylation is 1. The number of fused-ring (bicyclic) bond motifs is 1. The Morgan fingerprint density at radius 2 is 1.82 bits per heavy atom. The molecule has 150 valence electrons. The van der Waals surface area contributed by atoms with Gasteiger partial charge in [-0.2, -0.15) is 0 Å². The van der Waals surface area contributed by atoms with E-state index in [4.69, 9.17) is 9.47 Å². The molecule has 0 bridgehead atoms. The highest BCUT2D eigenvalue weighted by molar-refractivity contribution is 7.92. The van der Waals surface area contributed by atoms with Crippen molar-refractivity contribution in [2.24, 2.45) is 0 Å². The summed E-state index contributed by atoms with van der Waals surface area (Å²) in [5, 5.41) is 2.83.